The van der Waals surface area contributed by atoms with Gasteiger partial charge in [0.05, 0.1) is 46.3 Å². The molecule has 1 aliphatic rings. The van der Waals surface area contributed by atoms with Gasteiger partial charge in [0.2, 0.25) is 0 Å². The number of rotatable bonds is 9. The van der Waals surface area contributed by atoms with Crippen molar-refractivity contribution >= 4 is 39.5 Å². The van der Waals surface area contributed by atoms with Crippen molar-refractivity contribution in [1.82, 2.24) is 25.6 Å². The summed E-state index contributed by atoms with van der Waals surface area (Å²) in [5, 5.41) is 6.42. The third kappa shape index (κ3) is 7.72. The van der Waals surface area contributed by atoms with Gasteiger partial charge in [0.25, 0.3) is 11.5 Å². The smallest absolute Gasteiger partial charge is 0.308 e. The Hall–Kier alpha value is -4.33. The number of amides is 1. The third-order valence-electron chi connectivity index (χ3n) is 7.45. The molecule has 2 aromatic heterocycles. The van der Waals surface area contributed by atoms with Crippen molar-refractivity contribution in [3.05, 3.63) is 58.1 Å². The first kappa shape index (κ1) is 33.0. The van der Waals surface area contributed by atoms with Crippen LogP contribution in [0.15, 0.2) is 41.2 Å². The summed E-state index contributed by atoms with van der Waals surface area (Å²) in [6, 6.07) is 9.04. The standard InChI is InChI=1S/C33H41FN6O6/c1-17(15-36-16-20-13-19(44-33(5,6)45-20)14-25(41)46-32(2,3)4)37-30(42)18-10-11-22-24(12-18)39-29(38-22)27-28(35)26-21(34)8-7-9-23(26)40-31(27)43/h7-12,17,19-20,36H,13-16H2,1-6H3,(H,37,42)(H,38,39)(H3,35,40,43)/t17?,19-,20+/m1/s1. The van der Waals surface area contributed by atoms with Crippen molar-refractivity contribution in [3.8, 4) is 11.4 Å². The molecule has 2 aromatic carbocycles. The van der Waals surface area contributed by atoms with Crippen molar-refractivity contribution < 1.29 is 28.2 Å². The second-order valence-corrected chi connectivity index (χ2v) is 13.2. The summed E-state index contributed by atoms with van der Waals surface area (Å²) in [5.41, 5.74) is 6.85. The predicted molar refractivity (Wildman–Crippen MR) is 173 cm³/mol. The highest BCUT2D eigenvalue weighted by Gasteiger charge is 2.37. The number of H-pyrrole nitrogens is 2. The van der Waals surface area contributed by atoms with E-state index in [0.29, 0.717) is 36.1 Å². The van der Waals surface area contributed by atoms with Gasteiger partial charge in [0.15, 0.2) is 5.79 Å². The number of hydrogen-bond acceptors (Lipinski definition) is 9. The zero-order valence-corrected chi connectivity index (χ0v) is 26.9. The zero-order chi connectivity index (χ0) is 33.4. The fourth-order valence-corrected chi connectivity index (χ4v) is 5.70. The Morgan fingerprint density at radius 2 is 1.89 bits per heavy atom. The van der Waals surface area contributed by atoms with Crippen LogP contribution in [0.2, 0.25) is 0 Å². The van der Waals surface area contributed by atoms with E-state index in [1.54, 1.807) is 24.3 Å². The highest BCUT2D eigenvalue weighted by molar-refractivity contribution is 6.00. The number of carbonyl (C=O) groups excluding carboxylic acids is 2. The minimum absolute atomic E-state index is 0.0209. The Kier molecular flexibility index (Phi) is 9.21. The van der Waals surface area contributed by atoms with Gasteiger partial charge in [0, 0.05) is 31.1 Å². The van der Waals surface area contributed by atoms with Gasteiger partial charge in [-0.25, -0.2) is 9.37 Å². The van der Waals surface area contributed by atoms with Crippen LogP contribution in [0.1, 0.15) is 64.7 Å². The van der Waals surface area contributed by atoms with E-state index in [-0.39, 0.29) is 64.5 Å². The van der Waals surface area contributed by atoms with Gasteiger partial charge in [-0.05, 0) is 71.9 Å². The summed E-state index contributed by atoms with van der Waals surface area (Å²) in [6.45, 7) is 12.0. The molecule has 246 valence electrons. The minimum Gasteiger partial charge on any atom is -0.460 e. The lowest BCUT2D eigenvalue weighted by Crippen LogP contribution is -2.50. The normalized spacial score (nSPS) is 18.8. The molecule has 0 radical (unpaired) electrons. The van der Waals surface area contributed by atoms with Crippen molar-refractivity contribution in [2.75, 3.05) is 18.8 Å². The number of hydrogen-bond donors (Lipinski definition) is 5. The van der Waals surface area contributed by atoms with E-state index in [9.17, 15) is 18.8 Å². The fraction of sp³-hybridized carbons (Fsp3) is 0.455. The first-order valence-corrected chi connectivity index (χ1v) is 15.3. The molecule has 0 saturated carbocycles. The maximum Gasteiger partial charge on any atom is 0.308 e. The monoisotopic (exact) mass is 636 g/mol. The number of nitrogens with zero attached hydrogens (tertiary/aromatic N) is 1. The number of aromatic amines is 2. The first-order valence-electron chi connectivity index (χ1n) is 15.3. The number of benzene rings is 2. The van der Waals surface area contributed by atoms with Crippen molar-refractivity contribution in [2.45, 2.75) is 84.0 Å². The van der Waals surface area contributed by atoms with Crippen molar-refractivity contribution in [3.63, 3.8) is 0 Å². The molecular formula is C33H41FN6O6. The van der Waals surface area contributed by atoms with E-state index in [1.165, 1.54) is 12.1 Å². The lowest BCUT2D eigenvalue weighted by Gasteiger charge is -2.41. The van der Waals surface area contributed by atoms with Gasteiger partial charge in [0.1, 0.15) is 22.8 Å². The number of aromatic nitrogens is 3. The Labute approximate surface area is 265 Å². The second kappa shape index (κ2) is 12.8. The molecule has 6 N–H and O–H groups in total. The molecule has 1 aliphatic heterocycles. The maximum absolute atomic E-state index is 14.5. The van der Waals surface area contributed by atoms with E-state index in [0.717, 1.165) is 0 Å². The number of ether oxygens (including phenoxy) is 3. The second-order valence-electron chi connectivity index (χ2n) is 13.2. The number of esters is 1. The van der Waals surface area contributed by atoms with Crippen LogP contribution in [0.5, 0.6) is 0 Å². The van der Waals surface area contributed by atoms with E-state index in [2.05, 4.69) is 25.6 Å². The van der Waals surface area contributed by atoms with E-state index in [1.807, 2.05) is 41.5 Å². The number of nitrogens with two attached hydrogens (primary N) is 1. The number of anilines is 1. The van der Waals surface area contributed by atoms with E-state index >= 15 is 0 Å². The summed E-state index contributed by atoms with van der Waals surface area (Å²) < 4.78 is 32.0. The molecule has 12 nitrogen and oxygen atoms in total. The van der Waals surface area contributed by atoms with Gasteiger partial charge in [-0.1, -0.05) is 6.07 Å². The molecule has 1 unspecified atom stereocenters. The van der Waals surface area contributed by atoms with Gasteiger partial charge >= 0.3 is 5.97 Å². The molecule has 1 fully saturated rings. The van der Waals surface area contributed by atoms with Crippen LogP contribution in [-0.4, -0.2) is 69.6 Å². The number of halogens is 1. The van der Waals surface area contributed by atoms with Gasteiger partial charge in [-0.3, -0.25) is 14.4 Å². The largest absolute Gasteiger partial charge is 0.460 e. The van der Waals surface area contributed by atoms with E-state index < -0.39 is 22.8 Å². The van der Waals surface area contributed by atoms with Crippen LogP contribution in [0, 0.1) is 5.82 Å². The molecular weight excluding hydrogens is 595 g/mol. The topological polar surface area (TPSA) is 173 Å². The Morgan fingerprint density at radius 3 is 2.63 bits per heavy atom. The van der Waals surface area contributed by atoms with Crippen LogP contribution in [-0.2, 0) is 19.0 Å². The van der Waals surface area contributed by atoms with Crippen molar-refractivity contribution in [2.24, 2.45) is 0 Å². The molecule has 0 aliphatic carbocycles. The minimum atomic E-state index is -0.855. The van der Waals surface area contributed by atoms with Crippen molar-refractivity contribution in [1.29, 1.82) is 0 Å². The Morgan fingerprint density at radius 1 is 1.15 bits per heavy atom. The number of nitrogen functional groups attached to an aromatic ring is 1. The molecule has 13 heteroatoms. The SMILES string of the molecule is CC(CNC[C@@H]1C[C@H](CC(=O)OC(C)(C)C)OC(C)(C)O1)NC(=O)c1ccc2nc(-c3c(N)c4c(F)cccc4[nH]c3=O)[nH]c2c1. The average molecular weight is 637 g/mol. The molecule has 5 rings (SSSR count). The first-order chi connectivity index (χ1) is 21.6. The number of carbonyl (C=O) groups is 2. The third-order valence-corrected chi connectivity index (χ3v) is 7.45. The van der Waals surface area contributed by atoms with Gasteiger partial charge in [-0.15, -0.1) is 0 Å². The van der Waals surface area contributed by atoms with Crippen LogP contribution in [0.4, 0.5) is 10.1 Å². The molecule has 3 heterocycles. The van der Waals surface area contributed by atoms with Crippen LogP contribution in [0.3, 0.4) is 0 Å². The molecule has 1 amide bonds. The van der Waals surface area contributed by atoms with E-state index in [4.69, 9.17) is 19.9 Å². The number of pyridine rings is 1. The summed E-state index contributed by atoms with van der Waals surface area (Å²) in [7, 11) is 0. The van der Waals surface area contributed by atoms with Crippen LogP contribution < -0.4 is 21.9 Å². The number of imidazole rings is 1. The average Bonchev–Trinajstić information content (AvgIpc) is 3.33. The maximum atomic E-state index is 14.5. The predicted octanol–water partition coefficient (Wildman–Crippen LogP) is 4.14. The summed E-state index contributed by atoms with van der Waals surface area (Å²) in [6.07, 6.45) is 0.128. The van der Waals surface area contributed by atoms with Gasteiger partial charge in [-0.2, -0.15) is 0 Å². The quantitative estimate of drug-likeness (QED) is 0.169. The lowest BCUT2D eigenvalue weighted by molar-refractivity contribution is -0.298. The van der Waals surface area contributed by atoms with Crippen LogP contribution >= 0.6 is 0 Å². The highest BCUT2D eigenvalue weighted by atomic mass is 19.1. The summed E-state index contributed by atoms with van der Waals surface area (Å²) >= 11 is 0. The Bertz CT molecular complexity index is 1830. The fourth-order valence-electron chi connectivity index (χ4n) is 5.70. The summed E-state index contributed by atoms with van der Waals surface area (Å²) in [4.78, 5) is 48.5. The number of fused-ring (bicyclic) bond motifs is 2. The van der Waals surface area contributed by atoms with Crippen LogP contribution in [0.25, 0.3) is 33.3 Å². The Balaban J connectivity index is 1.19. The molecule has 3 atom stereocenters. The summed E-state index contributed by atoms with van der Waals surface area (Å²) in [5.74, 6) is -1.85. The molecule has 0 bridgehead atoms. The number of nitrogens with one attached hydrogen (secondary N) is 4. The molecule has 4 aromatic rings. The molecule has 46 heavy (non-hydrogen) atoms. The molecule has 0 spiro atoms. The highest BCUT2D eigenvalue weighted by Crippen LogP contribution is 2.31. The lowest BCUT2D eigenvalue weighted by atomic mass is 10.0. The molecule has 1 saturated heterocycles. The zero-order valence-electron chi connectivity index (χ0n) is 26.9. The van der Waals surface area contributed by atoms with Gasteiger partial charge < -0.3 is 40.5 Å².